The molecule has 2 rings (SSSR count). The first kappa shape index (κ1) is 17.3. The van der Waals surface area contributed by atoms with Gasteiger partial charge in [0.15, 0.2) is 0 Å². The molecule has 6 heteroatoms. The van der Waals surface area contributed by atoms with Crippen molar-refractivity contribution in [1.29, 1.82) is 0 Å². The van der Waals surface area contributed by atoms with Gasteiger partial charge >= 0.3 is 0 Å². The van der Waals surface area contributed by atoms with Crippen LogP contribution in [0.25, 0.3) is 10.9 Å². The van der Waals surface area contributed by atoms with Crippen LogP contribution in [0.1, 0.15) is 25.2 Å². The van der Waals surface area contributed by atoms with Gasteiger partial charge in [-0.3, -0.25) is 14.3 Å². The molecule has 0 saturated heterocycles. The average molecular weight is 293 g/mol. The summed E-state index contributed by atoms with van der Waals surface area (Å²) in [5.74, 6) is 0. The van der Waals surface area contributed by atoms with E-state index in [0.717, 1.165) is 11.4 Å². The number of nitrogens with zero attached hydrogens (tertiary/aromatic N) is 3. The smallest absolute Gasteiger partial charge is 0.261 e. The maximum absolute atomic E-state index is 12.2. The number of fused-ring (bicyclic) bond motifs is 1. The van der Waals surface area contributed by atoms with Gasteiger partial charge in [0.2, 0.25) is 0 Å². The van der Waals surface area contributed by atoms with E-state index in [2.05, 4.69) is 9.97 Å². The van der Waals surface area contributed by atoms with Crippen LogP contribution >= 0.6 is 0 Å². The summed E-state index contributed by atoms with van der Waals surface area (Å²) in [7, 11) is 1.62. The third-order valence-corrected chi connectivity index (χ3v) is 2.89. The molecule has 2 aromatic rings. The van der Waals surface area contributed by atoms with E-state index in [9.17, 15) is 4.79 Å². The molecule has 0 aliphatic rings. The summed E-state index contributed by atoms with van der Waals surface area (Å²) in [4.78, 5) is 21.0. The molecular formula is C15H23N3O3. The van der Waals surface area contributed by atoms with Crippen LogP contribution in [0.3, 0.4) is 0 Å². The third kappa shape index (κ3) is 4.09. The van der Waals surface area contributed by atoms with Crippen molar-refractivity contribution in [3.05, 3.63) is 34.1 Å². The first-order valence-corrected chi connectivity index (χ1v) is 7.13. The number of aliphatic hydroxyl groups is 1. The number of methoxy groups -OCH3 is 1. The lowest BCUT2D eigenvalue weighted by atomic mass is 10.1. The van der Waals surface area contributed by atoms with Crippen LogP contribution in [-0.4, -0.2) is 40.0 Å². The molecule has 0 aromatic carbocycles. The molecule has 1 N–H and O–H groups in total. The van der Waals surface area contributed by atoms with E-state index in [0.29, 0.717) is 23.9 Å². The van der Waals surface area contributed by atoms with Crippen LogP contribution in [-0.2, 0) is 17.7 Å². The summed E-state index contributed by atoms with van der Waals surface area (Å²) in [6.07, 6.45) is 2.07. The highest BCUT2D eigenvalue weighted by molar-refractivity contribution is 5.79. The first-order chi connectivity index (χ1) is 10.2. The second-order valence-corrected chi connectivity index (χ2v) is 4.32. The minimum atomic E-state index is -0.150. The van der Waals surface area contributed by atoms with Crippen molar-refractivity contribution in [2.24, 2.45) is 0 Å². The van der Waals surface area contributed by atoms with Crippen LogP contribution in [0, 0.1) is 6.92 Å². The molecular weight excluding hydrogens is 270 g/mol. The molecule has 0 bridgehead atoms. The second kappa shape index (κ2) is 8.49. The molecule has 0 saturated carbocycles. The number of aliphatic hydroxyl groups excluding tert-OH is 1. The topological polar surface area (TPSA) is 77.2 Å². The van der Waals surface area contributed by atoms with Gasteiger partial charge in [-0.15, -0.1) is 0 Å². The van der Waals surface area contributed by atoms with Gasteiger partial charge in [0.05, 0.1) is 42.7 Å². The highest BCUT2D eigenvalue weighted by Gasteiger charge is 2.10. The van der Waals surface area contributed by atoms with Gasteiger partial charge in [0.1, 0.15) is 0 Å². The first-order valence-electron chi connectivity index (χ1n) is 7.13. The molecule has 0 unspecified atom stereocenters. The second-order valence-electron chi connectivity index (χ2n) is 4.32. The summed E-state index contributed by atoms with van der Waals surface area (Å²) in [5.41, 5.74) is 2.01. The average Bonchev–Trinajstić information content (AvgIpc) is 2.50. The Bertz CT molecular complexity index is 638. The Morgan fingerprint density at radius 1 is 1.38 bits per heavy atom. The fraction of sp³-hybridized carbons (Fsp3) is 0.533. The predicted molar refractivity (Wildman–Crippen MR) is 82.5 cm³/mol. The van der Waals surface area contributed by atoms with Crippen molar-refractivity contribution in [1.82, 2.24) is 14.5 Å². The zero-order valence-electron chi connectivity index (χ0n) is 13.1. The molecule has 116 valence electrons. The Morgan fingerprint density at radius 3 is 2.71 bits per heavy atom. The van der Waals surface area contributed by atoms with E-state index in [1.807, 2.05) is 20.8 Å². The highest BCUT2D eigenvalue weighted by atomic mass is 16.5. The van der Waals surface area contributed by atoms with E-state index in [1.165, 1.54) is 10.9 Å². The van der Waals surface area contributed by atoms with Gasteiger partial charge < -0.3 is 9.84 Å². The maximum atomic E-state index is 12.2. The van der Waals surface area contributed by atoms with Crippen LogP contribution in [0.4, 0.5) is 0 Å². The lowest BCUT2D eigenvalue weighted by Gasteiger charge is -2.08. The number of pyridine rings is 1. The maximum Gasteiger partial charge on any atom is 0.261 e. The van der Waals surface area contributed by atoms with Gasteiger partial charge in [-0.25, -0.2) is 4.98 Å². The fourth-order valence-electron chi connectivity index (χ4n) is 2.01. The predicted octanol–water partition coefficient (Wildman–Crippen LogP) is 1.31. The van der Waals surface area contributed by atoms with E-state index in [4.69, 9.17) is 9.84 Å². The van der Waals surface area contributed by atoms with Crippen molar-refractivity contribution in [3.63, 3.8) is 0 Å². The van der Waals surface area contributed by atoms with Gasteiger partial charge in [-0.05, 0) is 13.0 Å². The SMILES string of the molecule is CC.COCCc1nc(C)cc2c(=O)n(CCO)cnc12. The molecule has 0 amide bonds. The molecule has 0 spiro atoms. The number of hydrogen-bond donors (Lipinski definition) is 1. The van der Waals surface area contributed by atoms with Crippen molar-refractivity contribution in [2.75, 3.05) is 20.3 Å². The lowest BCUT2D eigenvalue weighted by molar-refractivity contribution is 0.201. The van der Waals surface area contributed by atoms with Crippen LogP contribution in [0.5, 0.6) is 0 Å². The minimum absolute atomic E-state index is 0.0896. The summed E-state index contributed by atoms with van der Waals surface area (Å²) in [6, 6.07) is 1.73. The van der Waals surface area contributed by atoms with Crippen LogP contribution in [0.2, 0.25) is 0 Å². The minimum Gasteiger partial charge on any atom is -0.395 e. The Balaban J connectivity index is 0.00000106. The molecule has 6 nitrogen and oxygen atoms in total. The Hall–Kier alpha value is -1.79. The van der Waals surface area contributed by atoms with Gasteiger partial charge in [-0.1, -0.05) is 13.8 Å². The molecule has 0 aliphatic carbocycles. The van der Waals surface area contributed by atoms with Gasteiger partial charge in [0, 0.05) is 19.2 Å². The number of rotatable bonds is 5. The van der Waals surface area contributed by atoms with E-state index >= 15 is 0 Å². The number of hydrogen-bond acceptors (Lipinski definition) is 5. The molecule has 0 atom stereocenters. The third-order valence-electron chi connectivity index (χ3n) is 2.89. The Labute approximate surface area is 124 Å². The number of ether oxygens (including phenoxy) is 1. The Morgan fingerprint density at radius 2 is 2.10 bits per heavy atom. The van der Waals surface area contributed by atoms with Crippen LogP contribution in [0.15, 0.2) is 17.2 Å². The standard InChI is InChI=1S/C13H17N3O3.C2H6/c1-9-7-10-12(11(15-9)3-6-19-2)14-8-16(4-5-17)13(10)18;1-2/h7-8,17H,3-6H2,1-2H3;1-2H3. The lowest BCUT2D eigenvalue weighted by Crippen LogP contribution is -2.23. The van der Waals surface area contributed by atoms with E-state index < -0.39 is 0 Å². The Kier molecular flexibility index (Phi) is 6.98. The molecule has 0 radical (unpaired) electrons. The number of aryl methyl sites for hydroxylation is 1. The van der Waals surface area contributed by atoms with Gasteiger partial charge in [-0.2, -0.15) is 0 Å². The zero-order valence-corrected chi connectivity index (χ0v) is 13.1. The van der Waals surface area contributed by atoms with Crippen molar-refractivity contribution >= 4 is 10.9 Å². The monoisotopic (exact) mass is 293 g/mol. The van der Waals surface area contributed by atoms with Crippen molar-refractivity contribution in [3.8, 4) is 0 Å². The highest BCUT2D eigenvalue weighted by Crippen LogP contribution is 2.13. The zero-order chi connectivity index (χ0) is 15.8. The van der Waals surface area contributed by atoms with E-state index in [-0.39, 0.29) is 18.7 Å². The largest absolute Gasteiger partial charge is 0.395 e. The van der Waals surface area contributed by atoms with Crippen molar-refractivity contribution in [2.45, 2.75) is 33.7 Å². The summed E-state index contributed by atoms with van der Waals surface area (Å²) < 4.78 is 6.45. The normalized spacial score (nSPS) is 10.3. The molecule has 0 aliphatic heterocycles. The van der Waals surface area contributed by atoms with Crippen LogP contribution < -0.4 is 5.56 Å². The molecule has 2 aromatic heterocycles. The molecule has 0 fully saturated rings. The summed E-state index contributed by atoms with van der Waals surface area (Å²) in [6.45, 7) is 6.54. The summed E-state index contributed by atoms with van der Waals surface area (Å²) >= 11 is 0. The number of aromatic nitrogens is 3. The fourth-order valence-corrected chi connectivity index (χ4v) is 2.01. The summed E-state index contributed by atoms with van der Waals surface area (Å²) in [5, 5.41) is 9.46. The quantitative estimate of drug-likeness (QED) is 0.899. The van der Waals surface area contributed by atoms with Gasteiger partial charge in [0.25, 0.3) is 5.56 Å². The molecule has 21 heavy (non-hydrogen) atoms. The van der Waals surface area contributed by atoms with Crippen molar-refractivity contribution < 1.29 is 9.84 Å². The van der Waals surface area contributed by atoms with E-state index in [1.54, 1.807) is 13.2 Å². The molecule has 2 heterocycles.